The summed E-state index contributed by atoms with van der Waals surface area (Å²) in [6, 6.07) is 5.38. The van der Waals surface area contributed by atoms with E-state index in [9.17, 15) is 9.59 Å². The molecule has 1 unspecified atom stereocenters. The number of halogens is 2. The first kappa shape index (κ1) is 16.2. The zero-order valence-corrected chi connectivity index (χ0v) is 14.2. The van der Waals surface area contributed by atoms with Gasteiger partial charge in [0.1, 0.15) is 0 Å². The SMILES string of the molecule is CNC(=O)C(C)CN(C)C(=O)c1ccc(Br)cc1Br. The lowest BCUT2D eigenvalue weighted by Gasteiger charge is -2.21. The molecule has 19 heavy (non-hydrogen) atoms. The molecule has 0 aliphatic carbocycles. The Morgan fingerprint density at radius 3 is 2.53 bits per heavy atom. The maximum atomic E-state index is 12.3. The molecule has 6 heteroatoms. The summed E-state index contributed by atoms with van der Waals surface area (Å²) in [7, 11) is 3.28. The Hall–Kier alpha value is -0.880. The molecule has 2 amide bonds. The molecule has 0 aliphatic rings. The smallest absolute Gasteiger partial charge is 0.254 e. The molecule has 1 rings (SSSR count). The van der Waals surface area contributed by atoms with Crippen LogP contribution in [0.2, 0.25) is 0 Å². The minimum absolute atomic E-state index is 0.0745. The Morgan fingerprint density at radius 2 is 2.00 bits per heavy atom. The number of benzene rings is 1. The summed E-state index contributed by atoms with van der Waals surface area (Å²) in [5, 5.41) is 2.58. The second kappa shape index (κ2) is 7.05. The minimum atomic E-state index is -0.242. The van der Waals surface area contributed by atoms with Crippen molar-refractivity contribution in [3.05, 3.63) is 32.7 Å². The maximum Gasteiger partial charge on any atom is 0.254 e. The Morgan fingerprint density at radius 1 is 1.37 bits per heavy atom. The van der Waals surface area contributed by atoms with E-state index in [1.54, 1.807) is 32.0 Å². The van der Waals surface area contributed by atoms with Gasteiger partial charge in [0.2, 0.25) is 5.91 Å². The second-order valence-corrected chi connectivity index (χ2v) is 6.10. The normalized spacial score (nSPS) is 11.8. The van der Waals surface area contributed by atoms with E-state index in [2.05, 4.69) is 37.2 Å². The van der Waals surface area contributed by atoms with E-state index < -0.39 is 0 Å². The van der Waals surface area contributed by atoms with Crippen molar-refractivity contribution in [1.29, 1.82) is 0 Å². The zero-order valence-electron chi connectivity index (χ0n) is 11.0. The third-order valence-electron chi connectivity index (χ3n) is 2.75. The molecule has 1 aromatic carbocycles. The summed E-state index contributed by atoms with van der Waals surface area (Å²) in [6.45, 7) is 2.17. The van der Waals surface area contributed by atoms with E-state index in [-0.39, 0.29) is 17.7 Å². The summed E-state index contributed by atoms with van der Waals surface area (Å²) in [5.74, 6) is -0.433. The lowest BCUT2D eigenvalue weighted by molar-refractivity contribution is -0.124. The third-order valence-corrected chi connectivity index (χ3v) is 3.90. The molecule has 104 valence electrons. The van der Waals surface area contributed by atoms with Crippen molar-refractivity contribution in [3.8, 4) is 0 Å². The largest absolute Gasteiger partial charge is 0.359 e. The molecule has 0 bridgehead atoms. The van der Waals surface area contributed by atoms with E-state index in [0.29, 0.717) is 12.1 Å². The molecule has 4 nitrogen and oxygen atoms in total. The van der Waals surface area contributed by atoms with Crippen LogP contribution in [0.15, 0.2) is 27.1 Å². The van der Waals surface area contributed by atoms with Crippen molar-refractivity contribution < 1.29 is 9.59 Å². The predicted molar refractivity (Wildman–Crippen MR) is 82.0 cm³/mol. The summed E-state index contributed by atoms with van der Waals surface area (Å²) in [5.41, 5.74) is 0.579. The quantitative estimate of drug-likeness (QED) is 0.857. The van der Waals surface area contributed by atoms with Crippen LogP contribution < -0.4 is 5.32 Å². The molecule has 0 saturated carbocycles. The van der Waals surface area contributed by atoms with Crippen LogP contribution in [0.4, 0.5) is 0 Å². The Balaban J connectivity index is 2.79. The van der Waals surface area contributed by atoms with Gasteiger partial charge in [-0.3, -0.25) is 9.59 Å². The van der Waals surface area contributed by atoms with Crippen LogP contribution in [0.25, 0.3) is 0 Å². The number of hydrogen-bond acceptors (Lipinski definition) is 2. The van der Waals surface area contributed by atoms with Gasteiger partial charge in [-0.2, -0.15) is 0 Å². The van der Waals surface area contributed by atoms with Gasteiger partial charge in [-0.1, -0.05) is 22.9 Å². The molecular formula is C13H16Br2N2O2. The van der Waals surface area contributed by atoms with E-state index in [1.807, 2.05) is 12.1 Å². The van der Waals surface area contributed by atoms with Crippen LogP contribution >= 0.6 is 31.9 Å². The van der Waals surface area contributed by atoms with Crippen molar-refractivity contribution in [2.45, 2.75) is 6.92 Å². The molecule has 0 aromatic heterocycles. The molecule has 1 aromatic rings. The Bertz CT molecular complexity index is 492. The molecule has 0 radical (unpaired) electrons. The molecule has 1 atom stereocenters. The minimum Gasteiger partial charge on any atom is -0.359 e. The average molecular weight is 392 g/mol. The van der Waals surface area contributed by atoms with E-state index in [0.717, 1.165) is 8.95 Å². The van der Waals surface area contributed by atoms with Crippen molar-refractivity contribution in [2.24, 2.45) is 5.92 Å². The van der Waals surface area contributed by atoms with E-state index >= 15 is 0 Å². The number of nitrogens with zero attached hydrogens (tertiary/aromatic N) is 1. The van der Waals surface area contributed by atoms with Crippen LogP contribution in [-0.2, 0) is 4.79 Å². The summed E-state index contributed by atoms with van der Waals surface area (Å²) < 4.78 is 1.63. The molecule has 0 saturated heterocycles. The molecule has 0 spiro atoms. The van der Waals surface area contributed by atoms with Crippen LogP contribution in [-0.4, -0.2) is 37.4 Å². The second-order valence-electron chi connectivity index (χ2n) is 4.33. The first-order chi connectivity index (χ1) is 8.86. The Kier molecular flexibility index (Phi) is 6.00. The highest BCUT2D eigenvalue weighted by molar-refractivity contribution is 9.11. The van der Waals surface area contributed by atoms with Gasteiger partial charge in [-0.25, -0.2) is 0 Å². The van der Waals surface area contributed by atoms with Gasteiger partial charge >= 0.3 is 0 Å². The number of carbonyl (C=O) groups is 2. The maximum absolute atomic E-state index is 12.3. The van der Waals surface area contributed by atoms with Gasteiger partial charge in [0, 0.05) is 29.6 Å². The highest BCUT2D eigenvalue weighted by Crippen LogP contribution is 2.23. The van der Waals surface area contributed by atoms with Gasteiger partial charge in [-0.15, -0.1) is 0 Å². The van der Waals surface area contributed by atoms with Crippen molar-refractivity contribution >= 4 is 43.7 Å². The van der Waals surface area contributed by atoms with Gasteiger partial charge in [0.05, 0.1) is 11.5 Å². The van der Waals surface area contributed by atoms with Crippen LogP contribution in [0.3, 0.4) is 0 Å². The molecule has 0 fully saturated rings. The molecule has 0 aliphatic heterocycles. The summed E-state index contributed by atoms with van der Waals surface area (Å²) in [4.78, 5) is 25.3. The van der Waals surface area contributed by atoms with Crippen molar-refractivity contribution in [3.63, 3.8) is 0 Å². The van der Waals surface area contributed by atoms with Crippen LogP contribution in [0, 0.1) is 5.92 Å². The first-order valence-corrected chi connectivity index (χ1v) is 7.37. The zero-order chi connectivity index (χ0) is 14.6. The standard InChI is InChI=1S/C13H16Br2N2O2/c1-8(12(18)16-2)7-17(3)13(19)10-5-4-9(14)6-11(10)15/h4-6,8H,7H2,1-3H3,(H,16,18). The van der Waals surface area contributed by atoms with Crippen LogP contribution in [0.5, 0.6) is 0 Å². The number of carbonyl (C=O) groups excluding carboxylic acids is 2. The Labute approximate surface area is 129 Å². The average Bonchev–Trinajstić information content (AvgIpc) is 2.36. The molecular weight excluding hydrogens is 376 g/mol. The fraction of sp³-hybridized carbons (Fsp3) is 0.385. The monoisotopic (exact) mass is 390 g/mol. The number of nitrogens with one attached hydrogen (secondary N) is 1. The van der Waals surface area contributed by atoms with Gasteiger partial charge in [-0.05, 0) is 34.1 Å². The first-order valence-electron chi connectivity index (χ1n) is 5.79. The summed E-state index contributed by atoms with van der Waals surface area (Å²) >= 11 is 6.71. The number of hydrogen-bond donors (Lipinski definition) is 1. The van der Waals surface area contributed by atoms with Crippen LogP contribution in [0.1, 0.15) is 17.3 Å². The molecule has 1 N–H and O–H groups in total. The van der Waals surface area contributed by atoms with Crippen molar-refractivity contribution in [2.75, 3.05) is 20.6 Å². The molecule has 0 heterocycles. The highest BCUT2D eigenvalue weighted by atomic mass is 79.9. The predicted octanol–water partition coefficient (Wildman–Crippen LogP) is 2.67. The number of rotatable bonds is 4. The highest BCUT2D eigenvalue weighted by Gasteiger charge is 2.19. The number of amides is 2. The van der Waals surface area contributed by atoms with Gasteiger partial charge in [0.25, 0.3) is 5.91 Å². The summed E-state index contributed by atoms with van der Waals surface area (Å²) in [6.07, 6.45) is 0. The fourth-order valence-corrected chi connectivity index (χ4v) is 2.91. The lowest BCUT2D eigenvalue weighted by atomic mass is 10.1. The van der Waals surface area contributed by atoms with E-state index in [1.165, 1.54) is 0 Å². The lowest BCUT2D eigenvalue weighted by Crippen LogP contribution is -2.37. The van der Waals surface area contributed by atoms with Crippen molar-refractivity contribution in [1.82, 2.24) is 10.2 Å². The van der Waals surface area contributed by atoms with Gasteiger partial charge < -0.3 is 10.2 Å². The fourth-order valence-electron chi connectivity index (χ4n) is 1.69. The topological polar surface area (TPSA) is 49.4 Å². The third kappa shape index (κ3) is 4.31. The van der Waals surface area contributed by atoms with E-state index in [4.69, 9.17) is 0 Å². The van der Waals surface area contributed by atoms with Gasteiger partial charge in [0.15, 0.2) is 0 Å².